The van der Waals surface area contributed by atoms with Crippen LogP contribution in [-0.2, 0) is 0 Å². The molecule has 0 saturated carbocycles. The predicted octanol–water partition coefficient (Wildman–Crippen LogP) is 1.36. The van der Waals surface area contributed by atoms with Gasteiger partial charge in [0.25, 0.3) is 0 Å². The number of nitrogens with zero attached hydrogens (tertiary/aromatic N) is 4. The molecule has 1 aliphatic rings. The molecule has 1 aromatic heterocycles. The van der Waals surface area contributed by atoms with Gasteiger partial charge in [-0.3, -0.25) is 0 Å². The summed E-state index contributed by atoms with van der Waals surface area (Å²) in [5.41, 5.74) is 0.404. The number of tetrazole rings is 1. The van der Waals surface area contributed by atoms with Crippen LogP contribution >= 0.6 is 0 Å². The molecule has 0 saturated heterocycles. The van der Waals surface area contributed by atoms with Crippen molar-refractivity contribution in [3.63, 3.8) is 0 Å². The summed E-state index contributed by atoms with van der Waals surface area (Å²) < 4.78 is 28.1. The van der Waals surface area contributed by atoms with Gasteiger partial charge in [0, 0.05) is 18.2 Å². The number of hydrogen-bond donors (Lipinski definition) is 1. The molecule has 3 rings (SSSR count). The van der Waals surface area contributed by atoms with E-state index < -0.39 is 11.6 Å². The second-order valence-electron chi connectivity index (χ2n) is 3.84. The van der Waals surface area contributed by atoms with Crippen LogP contribution in [0.3, 0.4) is 0 Å². The predicted molar refractivity (Wildman–Crippen MR) is 55.4 cm³/mol. The molecule has 88 valence electrons. The summed E-state index contributed by atoms with van der Waals surface area (Å²) in [5, 5.41) is 14.1. The normalized spacial score (nSPS) is 18.6. The molecule has 1 aliphatic heterocycles. The molecule has 1 N–H and O–H groups in total. The van der Waals surface area contributed by atoms with Crippen LogP contribution in [0.25, 0.3) is 0 Å². The van der Waals surface area contributed by atoms with Gasteiger partial charge >= 0.3 is 0 Å². The van der Waals surface area contributed by atoms with Gasteiger partial charge in [-0.25, -0.2) is 13.5 Å². The van der Waals surface area contributed by atoms with Crippen molar-refractivity contribution >= 4 is 5.95 Å². The van der Waals surface area contributed by atoms with Crippen LogP contribution in [0, 0.1) is 11.6 Å². The SMILES string of the molecule is Fc1ccc(C2CCNc3nnnn32)c(F)c1. The molecule has 2 heterocycles. The van der Waals surface area contributed by atoms with Gasteiger partial charge in [0.1, 0.15) is 11.6 Å². The summed E-state index contributed by atoms with van der Waals surface area (Å²) in [6, 6.07) is 3.26. The van der Waals surface area contributed by atoms with Crippen molar-refractivity contribution in [3.8, 4) is 0 Å². The Hall–Kier alpha value is -2.05. The Labute approximate surface area is 95.4 Å². The van der Waals surface area contributed by atoms with Gasteiger partial charge in [0.15, 0.2) is 0 Å². The highest BCUT2D eigenvalue weighted by atomic mass is 19.1. The van der Waals surface area contributed by atoms with E-state index in [1.807, 2.05) is 0 Å². The molecule has 2 aromatic rings. The van der Waals surface area contributed by atoms with Gasteiger partial charge in [-0.15, -0.1) is 0 Å². The molecule has 1 aromatic carbocycles. The van der Waals surface area contributed by atoms with Crippen molar-refractivity contribution in [1.29, 1.82) is 0 Å². The summed E-state index contributed by atoms with van der Waals surface area (Å²) in [6.45, 7) is 0.655. The van der Waals surface area contributed by atoms with E-state index >= 15 is 0 Å². The molecule has 7 heteroatoms. The largest absolute Gasteiger partial charge is 0.353 e. The zero-order valence-electron chi connectivity index (χ0n) is 8.77. The lowest BCUT2D eigenvalue weighted by atomic mass is 10.0. The molecular formula is C10H9F2N5. The second kappa shape index (κ2) is 3.76. The Morgan fingerprint density at radius 1 is 1.35 bits per heavy atom. The summed E-state index contributed by atoms with van der Waals surface area (Å²) in [4.78, 5) is 0. The molecule has 0 amide bonds. The second-order valence-corrected chi connectivity index (χ2v) is 3.84. The third-order valence-corrected chi connectivity index (χ3v) is 2.81. The van der Waals surface area contributed by atoms with E-state index in [1.54, 1.807) is 0 Å². The van der Waals surface area contributed by atoms with E-state index in [1.165, 1.54) is 16.8 Å². The van der Waals surface area contributed by atoms with Crippen molar-refractivity contribution in [2.24, 2.45) is 0 Å². The highest BCUT2D eigenvalue weighted by Crippen LogP contribution is 2.28. The van der Waals surface area contributed by atoms with Crippen LogP contribution in [0.2, 0.25) is 0 Å². The first-order valence-corrected chi connectivity index (χ1v) is 5.22. The van der Waals surface area contributed by atoms with Crippen molar-refractivity contribution in [2.45, 2.75) is 12.5 Å². The molecule has 5 nitrogen and oxygen atoms in total. The topological polar surface area (TPSA) is 55.6 Å². The fourth-order valence-corrected chi connectivity index (χ4v) is 2.02. The van der Waals surface area contributed by atoms with Crippen LogP contribution in [0.1, 0.15) is 18.0 Å². The van der Waals surface area contributed by atoms with Crippen LogP contribution < -0.4 is 5.32 Å². The van der Waals surface area contributed by atoms with Gasteiger partial charge in [-0.05, 0) is 22.9 Å². The highest BCUT2D eigenvalue weighted by Gasteiger charge is 2.25. The molecule has 1 unspecified atom stereocenters. The summed E-state index contributed by atoms with van der Waals surface area (Å²) in [5.74, 6) is -0.652. The quantitative estimate of drug-likeness (QED) is 0.813. The standard InChI is InChI=1S/C10H9F2N5/c11-6-1-2-7(8(12)5-6)9-3-4-13-10-14-15-16-17(9)10/h1-2,5,9H,3-4H2,(H,13,14,16). The number of hydrogen-bond acceptors (Lipinski definition) is 4. The van der Waals surface area contributed by atoms with Crippen LogP contribution in [-0.4, -0.2) is 26.8 Å². The zero-order chi connectivity index (χ0) is 11.8. The Bertz CT molecular complexity index is 553. The summed E-state index contributed by atoms with van der Waals surface area (Å²) in [6.07, 6.45) is 0.653. The fourth-order valence-electron chi connectivity index (χ4n) is 2.02. The lowest BCUT2D eigenvalue weighted by Crippen LogP contribution is -2.25. The smallest absolute Gasteiger partial charge is 0.243 e. The van der Waals surface area contributed by atoms with Gasteiger partial charge in [0.2, 0.25) is 5.95 Å². The lowest BCUT2D eigenvalue weighted by molar-refractivity contribution is 0.446. The Balaban J connectivity index is 2.06. The molecule has 0 fully saturated rings. The molecule has 0 aliphatic carbocycles. The van der Waals surface area contributed by atoms with E-state index in [0.717, 1.165) is 6.07 Å². The van der Waals surface area contributed by atoms with Crippen molar-refractivity contribution < 1.29 is 8.78 Å². The Morgan fingerprint density at radius 2 is 2.24 bits per heavy atom. The number of benzene rings is 1. The molecular weight excluding hydrogens is 228 g/mol. The van der Waals surface area contributed by atoms with Gasteiger partial charge in [0.05, 0.1) is 6.04 Å². The first-order valence-electron chi connectivity index (χ1n) is 5.22. The number of nitrogens with one attached hydrogen (secondary N) is 1. The number of aromatic nitrogens is 4. The zero-order valence-corrected chi connectivity index (χ0v) is 8.77. The minimum Gasteiger partial charge on any atom is -0.353 e. The van der Waals surface area contributed by atoms with Gasteiger partial charge < -0.3 is 5.32 Å². The van der Waals surface area contributed by atoms with Crippen LogP contribution in [0.15, 0.2) is 18.2 Å². The average molecular weight is 237 g/mol. The van der Waals surface area contributed by atoms with E-state index in [2.05, 4.69) is 20.8 Å². The first kappa shape index (κ1) is 10.1. The number of rotatable bonds is 1. The third-order valence-electron chi connectivity index (χ3n) is 2.81. The summed E-state index contributed by atoms with van der Waals surface area (Å²) >= 11 is 0. The Kier molecular flexibility index (Phi) is 2.24. The van der Waals surface area contributed by atoms with Crippen molar-refractivity contribution in [2.75, 3.05) is 11.9 Å². The maximum absolute atomic E-state index is 13.7. The third kappa shape index (κ3) is 1.63. The van der Waals surface area contributed by atoms with Crippen LogP contribution in [0.5, 0.6) is 0 Å². The molecule has 1 atom stereocenters. The number of halogens is 2. The van der Waals surface area contributed by atoms with Crippen LogP contribution in [0.4, 0.5) is 14.7 Å². The minimum atomic E-state index is -0.586. The molecule has 0 bridgehead atoms. The van der Waals surface area contributed by atoms with E-state index in [0.29, 0.717) is 24.5 Å². The lowest BCUT2D eigenvalue weighted by Gasteiger charge is -2.23. The molecule has 0 radical (unpaired) electrons. The average Bonchev–Trinajstić information content (AvgIpc) is 2.77. The molecule has 17 heavy (non-hydrogen) atoms. The highest BCUT2D eigenvalue weighted by molar-refractivity contribution is 5.31. The monoisotopic (exact) mass is 237 g/mol. The number of anilines is 1. The van der Waals surface area contributed by atoms with E-state index in [4.69, 9.17) is 0 Å². The maximum Gasteiger partial charge on any atom is 0.243 e. The first-order chi connectivity index (χ1) is 8.25. The van der Waals surface area contributed by atoms with Gasteiger partial charge in [-0.2, -0.15) is 0 Å². The van der Waals surface area contributed by atoms with Gasteiger partial charge in [-0.1, -0.05) is 11.2 Å². The minimum absolute atomic E-state index is 0.290. The summed E-state index contributed by atoms with van der Waals surface area (Å²) in [7, 11) is 0. The van der Waals surface area contributed by atoms with E-state index in [9.17, 15) is 8.78 Å². The fraction of sp³-hybridized carbons (Fsp3) is 0.300. The molecule has 0 spiro atoms. The Morgan fingerprint density at radius 3 is 3.06 bits per heavy atom. The van der Waals surface area contributed by atoms with Crippen molar-refractivity contribution in [1.82, 2.24) is 20.2 Å². The van der Waals surface area contributed by atoms with Crippen molar-refractivity contribution in [3.05, 3.63) is 35.4 Å². The number of fused-ring (bicyclic) bond motifs is 1. The van der Waals surface area contributed by atoms with E-state index in [-0.39, 0.29) is 6.04 Å². The maximum atomic E-state index is 13.7.